The van der Waals surface area contributed by atoms with Gasteiger partial charge < -0.3 is 9.64 Å². The Kier molecular flexibility index (Phi) is 6.74. The lowest BCUT2D eigenvalue weighted by molar-refractivity contribution is 0.0985. The molecule has 3 aromatic rings. The van der Waals surface area contributed by atoms with E-state index in [1.54, 1.807) is 17.0 Å². The first kappa shape index (κ1) is 22.2. The Labute approximate surface area is 180 Å². The van der Waals surface area contributed by atoms with Crippen molar-refractivity contribution in [3.05, 3.63) is 48.0 Å². The van der Waals surface area contributed by atoms with Gasteiger partial charge in [0, 0.05) is 24.9 Å². The van der Waals surface area contributed by atoms with Crippen molar-refractivity contribution in [1.82, 2.24) is 9.88 Å². The van der Waals surface area contributed by atoms with Gasteiger partial charge in [0.2, 0.25) is 0 Å². The largest absolute Gasteiger partial charge is 0.492 e. The van der Waals surface area contributed by atoms with Gasteiger partial charge in [0.25, 0.3) is 5.91 Å². The monoisotopic (exact) mass is 447 g/mol. The maximum Gasteiger partial charge on any atom is 0.260 e. The van der Waals surface area contributed by atoms with Crippen molar-refractivity contribution in [3.63, 3.8) is 0 Å². The molecule has 1 amide bonds. The molecule has 0 aliphatic carbocycles. The van der Waals surface area contributed by atoms with Crippen molar-refractivity contribution in [3.8, 4) is 5.75 Å². The summed E-state index contributed by atoms with van der Waals surface area (Å²) >= 11 is 1.41. The van der Waals surface area contributed by atoms with Gasteiger partial charge >= 0.3 is 0 Å². The molecule has 0 saturated carbocycles. The molecule has 7 nitrogen and oxygen atoms in total. The molecule has 1 aromatic heterocycles. The normalized spacial score (nSPS) is 11.8. The minimum atomic E-state index is -3.42. The Morgan fingerprint density at radius 3 is 2.53 bits per heavy atom. The van der Waals surface area contributed by atoms with Gasteiger partial charge in [-0.25, -0.2) is 13.4 Å². The molecule has 1 heterocycles. The second-order valence-electron chi connectivity index (χ2n) is 7.09. The van der Waals surface area contributed by atoms with Crippen molar-refractivity contribution in [1.29, 1.82) is 0 Å². The molecule has 0 radical (unpaired) electrons. The highest BCUT2D eigenvalue weighted by Crippen LogP contribution is 2.34. The SMILES string of the molecule is CCOc1cccc2sc(N(CCN(C)C)C(=O)c3cccc(S(C)(=O)=O)c3)nc12. The number of benzene rings is 2. The van der Waals surface area contributed by atoms with Crippen LogP contribution in [0.3, 0.4) is 0 Å². The summed E-state index contributed by atoms with van der Waals surface area (Å²) in [6, 6.07) is 11.8. The topological polar surface area (TPSA) is 79.8 Å². The number of amides is 1. The first-order chi connectivity index (χ1) is 14.2. The summed E-state index contributed by atoms with van der Waals surface area (Å²) in [6.07, 6.45) is 1.13. The Balaban J connectivity index is 2.04. The first-order valence-electron chi connectivity index (χ1n) is 9.49. The lowest BCUT2D eigenvalue weighted by Crippen LogP contribution is -2.36. The molecule has 0 N–H and O–H groups in total. The molecule has 0 fully saturated rings. The summed E-state index contributed by atoms with van der Waals surface area (Å²) in [4.78, 5) is 21.8. The number of rotatable bonds is 8. The molecular weight excluding hydrogens is 422 g/mol. The van der Waals surface area contributed by atoms with Gasteiger partial charge in [0.1, 0.15) is 11.3 Å². The molecule has 30 heavy (non-hydrogen) atoms. The zero-order valence-electron chi connectivity index (χ0n) is 17.5. The Bertz CT molecular complexity index is 1160. The molecule has 9 heteroatoms. The quantitative estimate of drug-likeness (QED) is 0.527. The van der Waals surface area contributed by atoms with E-state index < -0.39 is 9.84 Å². The second-order valence-corrected chi connectivity index (χ2v) is 10.1. The zero-order chi connectivity index (χ0) is 21.9. The maximum atomic E-state index is 13.4. The van der Waals surface area contributed by atoms with E-state index in [0.717, 1.165) is 11.0 Å². The van der Waals surface area contributed by atoms with Crippen LogP contribution in [0.2, 0.25) is 0 Å². The summed E-state index contributed by atoms with van der Waals surface area (Å²) in [5, 5.41) is 0.550. The van der Waals surface area contributed by atoms with E-state index in [0.29, 0.717) is 41.7 Å². The number of carbonyl (C=O) groups excluding carboxylic acids is 1. The third-order valence-electron chi connectivity index (χ3n) is 4.43. The average molecular weight is 448 g/mol. The van der Waals surface area contributed by atoms with Crippen LogP contribution in [0.5, 0.6) is 5.75 Å². The predicted molar refractivity (Wildman–Crippen MR) is 121 cm³/mol. The molecule has 0 unspecified atom stereocenters. The van der Waals surface area contributed by atoms with Crippen LogP contribution >= 0.6 is 11.3 Å². The standard InChI is InChI=1S/C21H25N3O4S2/c1-5-28-17-10-7-11-18-19(17)22-21(29-18)24(13-12-23(2)3)20(25)15-8-6-9-16(14-15)30(4,26)27/h6-11,14H,5,12-13H2,1-4H3. The zero-order valence-corrected chi connectivity index (χ0v) is 19.1. The van der Waals surface area contributed by atoms with Gasteiger partial charge in [-0.1, -0.05) is 23.5 Å². The molecular formula is C21H25N3O4S2. The number of aromatic nitrogens is 1. The minimum Gasteiger partial charge on any atom is -0.492 e. The van der Waals surface area contributed by atoms with E-state index in [2.05, 4.69) is 4.98 Å². The number of sulfone groups is 1. The summed E-state index contributed by atoms with van der Waals surface area (Å²) < 4.78 is 30.4. The summed E-state index contributed by atoms with van der Waals surface area (Å²) in [5.74, 6) is 0.385. The highest BCUT2D eigenvalue weighted by molar-refractivity contribution is 7.90. The van der Waals surface area contributed by atoms with Crippen LogP contribution in [0, 0.1) is 0 Å². The lowest BCUT2D eigenvalue weighted by Gasteiger charge is -2.22. The van der Waals surface area contributed by atoms with E-state index >= 15 is 0 Å². The summed E-state index contributed by atoms with van der Waals surface area (Å²) in [5.41, 5.74) is 1.02. The average Bonchev–Trinajstić information content (AvgIpc) is 3.12. The Hall–Kier alpha value is -2.49. The first-order valence-corrected chi connectivity index (χ1v) is 12.2. The molecule has 0 bridgehead atoms. The van der Waals surface area contributed by atoms with Crippen LogP contribution in [0.4, 0.5) is 5.13 Å². The lowest BCUT2D eigenvalue weighted by atomic mass is 10.2. The van der Waals surface area contributed by atoms with Crippen LogP contribution in [0.25, 0.3) is 10.2 Å². The molecule has 0 aliphatic heterocycles. The number of carbonyl (C=O) groups is 1. The van der Waals surface area contributed by atoms with Crippen molar-refractivity contribution in [2.24, 2.45) is 0 Å². The molecule has 0 spiro atoms. The van der Waals surface area contributed by atoms with Crippen molar-refractivity contribution in [2.75, 3.05) is 44.9 Å². The van der Waals surface area contributed by atoms with Crippen molar-refractivity contribution >= 4 is 42.4 Å². The maximum absolute atomic E-state index is 13.4. The predicted octanol–water partition coefficient (Wildman–Crippen LogP) is 3.31. The highest BCUT2D eigenvalue weighted by atomic mass is 32.2. The molecule has 2 aromatic carbocycles. The van der Waals surface area contributed by atoms with Gasteiger partial charge in [-0.3, -0.25) is 9.69 Å². The number of nitrogens with zero attached hydrogens (tertiary/aromatic N) is 3. The minimum absolute atomic E-state index is 0.115. The third-order valence-corrected chi connectivity index (χ3v) is 6.58. The van der Waals surface area contributed by atoms with Crippen LogP contribution < -0.4 is 9.64 Å². The second kappa shape index (κ2) is 9.11. The van der Waals surface area contributed by atoms with Crippen LogP contribution in [-0.4, -0.2) is 64.3 Å². The fraction of sp³-hybridized carbons (Fsp3) is 0.333. The van der Waals surface area contributed by atoms with E-state index in [4.69, 9.17) is 4.74 Å². The van der Waals surface area contributed by atoms with Crippen molar-refractivity contribution in [2.45, 2.75) is 11.8 Å². The number of likely N-dealkylation sites (N-methyl/N-ethyl adjacent to an activating group) is 1. The van der Waals surface area contributed by atoms with Crippen LogP contribution in [0.1, 0.15) is 17.3 Å². The van der Waals surface area contributed by atoms with Gasteiger partial charge in [-0.15, -0.1) is 0 Å². The fourth-order valence-corrected chi connectivity index (χ4v) is 4.57. The molecule has 0 aliphatic rings. The molecule has 0 saturated heterocycles. The van der Waals surface area contributed by atoms with Gasteiger partial charge in [-0.2, -0.15) is 0 Å². The van der Waals surface area contributed by atoms with Gasteiger partial charge in [-0.05, 0) is 51.4 Å². The van der Waals surface area contributed by atoms with Crippen LogP contribution in [0.15, 0.2) is 47.4 Å². The van der Waals surface area contributed by atoms with Gasteiger partial charge in [0.05, 0.1) is 16.2 Å². The Morgan fingerprint density at radius 2 is 1.87 bits per heavy atom. The summed E-state index contributed by atoms with van der Waals surface area (Å²) in [6.45, 7) is 3.48. The number of hydrogen-bond acceptors (Lipinski definition) is 7. The number of ether oxygens (including phenoxy) is 1. The number of para-hydroxylation sites is 1. The molecule has 160 valence electrons. The van der Waals surface area contributed by atoms with Gasteiger partial charge in [0.15, 0.2) is 15.0 Å². The number of thiazole rings is 1. The number of fused-ring (bicyclic) bond motifs is 1. The highest BCUT2D eigenvalue weighted by Gasteiger charge is 2.23. The molecule has 0 atom stereocenters. The number of anilines is 1. The van der Waals surface area contributed by atoms with E-state index in [9.17, 15) is 13.2 Å². The van der Waals surface area contributed by atoms with E-state index in [1.165, 1.54) is 23.5 Å². The summed E-state index contributed by atoms with van der Waals surface area (Å²) in [7, 11) is 0.442. The van der Waals surface area contributed by atoms with E-state index in [-0.39, 0.29) is 10.8 Å². The number of hydrogen-bond donors (Lipinski definition) is 0. The van der Waals surface area contributed by atoms with Crippen molar-refractivity contribution < 1.29 is 17.9 Å². The Morgan fingerprint density at radius 1 is 1.13 bits per heavy atom. The van der Waals surface area contributed by atoms with Crippen LogP contribution in [-0.2, 0) is 9.84 Å². The third kappa shape index (κ3) is 4.97. The smallest absolute Gasteiger partial charge is 0.260 e. The fourth-order valence-electron chi connectivity index (χ4n) is 2.90. The molecule has 3 rings (SSSR count). The van der Waals surface area contributed by atoms with E-state index in [1.807, 2.05) is 44.1 Å².